The summed E-state index contributed by atoms with van der Waals surface area (Å²) in [7, 11) is 0. The first kappa shape index (κ1) is 21.6. The fourth-order valence-corrected chi connectivity index (χ4v) is 3.00. The van der Waals surface area contributed by atoms with E-state index in [4.69, 9.17) is 15.9 Å². The number of hydrogen-bond donors (Lipinski definition) is 5. The molecule has 0 saturated carbocycles. The lowest BCUT2D eigenvalue weighted by Gasteiger charge is -2.16. The first-order chi connectivity index (χ1) is 14.8. The number of hydrazone groups is 1. The maximum atomic E-state index is 14.9. The second-order valence-electron chi connectivity index (χ2n) is 6.75. The SMILES string of the molecule is CC(=O)NC[C@H]1CN(c2ccc(-c3ccc(C=NNC(=N)N)cc3)c(F)c2O)C(=O)O1. The summed E-state index contributed by atoms with van der Waals surface area (Å²) >= 11 is 0. The number of nitrogens with zero attached hydrogens (tertiary/aromatic N) is 2. The molecule has 1 aliphatic heterocycles. The molecule has 6 N–H and O–H groups in total. The highest BCUT2D eigenvalue weighted by atomic mass is 19.1. The summed E-state index contributed by atoms with van der Waals surface area (Å²) in [5, 5.41) is 23.7. The smallest absolute Gasteiger partial charge is 0.414 e. The first-order valence-corrected chi connectivity index (χ1v) is 9.24. The number of amides is 2. The Morgan fingerprint density at radius 2 is 2.10 bits per heavy atom. The zero-order valence-electron chi connectivity index (χ0n) is 16.6. The lowest BCUT2D eigenvalue weighted by molar-refractivity contribution is -0.119. The van der Waals surface area contributed by atoms with E-state index in [-0.39, 0.29) is 36.2 Å². The number of carbonyl (C=O) groups excluding carboxylic acids is 2. The molecule has 0 aromatic heterocycles. The molecule has 1 aliphatic rings. The monoisotopic (exact) mass is 428 g/mol. The molecule has 0 bridgehead atoms. The first-order valence-electron chi connectivity index (χ1n) is 9.24. The highest BCUT2D eigenvalue weighted by molar-refractivity contribution is 5.92. The van der Waals surface area contributed by atoms with Crippen molar-refractivity contribution in [2.75, 3.05) is 18.0 Å². The van der Waals surface area contributed by atoms with Gasteiger partial charge in [-0.3, -0.25) is 15.1 Å². The van der Waals surface area contributed by atoms with Crippen molar-refractivity contribution >= 4 is 29.9 Å². The van der Waals surface area contributed by atoms with Gasteiger partial charge in [0.1, 0.15) is 6.10 Å². The molecule has 31 heavy (non-hydrogen) atoms. The van der Waals surface area contributed by atoms with Gasteiger partial charge < -0.3 is 20.9 Å². The molecule has 10 nitrogen and oxygen atoms in total. The third-order valence-corrected chi connectivity index (χ3v) is 4.46. The van der Waals surface area contributed by atoms with E-state index in [2.05, 4.69) is 15.8 Å². The molecule has 0 radical (unpaired) electrons. The molecule has 1 fully saturated rings. The molecule has 11 heteroatoms. The van der Waals surface area contributed by atoms with Gasteiger partial charge in [0.15, 0.2) is 11.6 Å². The van der Waals surface area contributed by atoms with Gasteiger partial charge in [-0.05, 0) is 23.3 Å². The summed E-state index contributed by atoms with van der Waals surface area (Å²) in [5.74, 6) is -2.12. The molecular formula is C20H21FN6O4. The quantitative estimate of drug-likeness (QED) is 0.267. The predicted molar refractivity (Wildman–Crippen MR) is 112 cm³/mol. The summed E-state index contributed by atoms with van der Waals surface area (Å²) in [6.45, 7) is 1.53. The number of rotatable bonds is 6. The van der Waals surface area contributed by atoms with Crippen molar-refractivity contribution in [3.63, 3.8) is 0 Å². The largest absolute Gasteiger partial charge is 0.503 e. The third-order valence-electron chi connectivity index (χ3n) is 4.46. The van der Waals surface area contributed by atoms with Crippen molar-refractivity contribution in [3.05, 3.63) is 47.8 Å². The Morgan fingerprint density at radius 3 is 2.74 bits per heavy atom. The minimum Gasteiger partial charge on any atom is -0.503 e. The van der Waals surface area contributed by atoms with Crippen LogP contribution in [0.15, 0.2) is 41.5 Å². The van der Waals surface area contributed by atoms with Crippen LogP contribution < -0.4 is 21.4 Å². The van der Waals surface area contributed by atoms with Gasteiger partial charge >= 0.3 is 6.09 Å². The van der Waals surface area contributed by atoms with Gasteiger partial charge in [-0.1, -0.05) is 24.3 Å². The molecule has 2 aromatic carbocycles. The molecule has 0 spiro atoms. The van der Waals surface area contributed by atoms with E-state index < -0.39 is 23.8 Å². The number of nitrogens with two attached hydrogens (primary N) is 1. The number of guanidine groups is 1. The average molecular weight is 428 g/mol. The van der Waals surface area contributed by atoms with Crippen molar-refractivity contribution in [2.24, 2.45) is 10.8 Å². The van der Waals surface area contributed by atoms with Crippen LogP contribution in [0.2, 0.25) is 0 Å². The molecule has 0 aliphatic carbocycles. The Morgan fingerprint density at radius 1 is 1.39 bits per heavy atom. The number of nitrogens with one attached hydrogen (secondary N) is 3. The summed E-state index contributed by atoms with van der Waals surface area (Å²) in [5.41, 5.74) is 8.73. The molecule has 1 heterocycles. The number of cyclic esters (lactones) is 1. The predicted octanol–water partition coefficient (Wildman–Crippen LogP) is 1.48. The van der Waals surface area contributed by atoms with Crippen LogP contribution in [0.25, 0.3) is 11.1 Å². The zero-order valence-corrected chi connectivity index (χ0v) is 16.6. The number of ether oxygens (including phenoxy) is 1. The van der Waals surface area contributed by atoms with Crippen molar-refractivity contribution in [3.8, 4) is 16.9 Å². The Hall–Kier alpha value is -4.15. The maximum absolute atomic E-state index is 14.9. The van der Waals surface area contributed by atoms with E-state index in [9.17, 15) is 19.1 Å². The van der Waals surface area contributed by atoms with Gasteiger partial charge in [0.2, 0.25) is 11.9 Å². The van der Waals surface area contributed by atoms with Crippen LogP contribution in [0.4, 0.5) is 14.9 Å². The number of phenolic OH excluding ortho intramolecular Hbond substituents is 1. The van der Waals surface area contributed by atoms with Gasteiger partial charge in [-0.15, -0.1) is 0 Å². The van der Waals surface area contributed by atoms with Crippen LogP contribution in [0.5, 0.6) is 5.75 Å². The number of carbonyl (C=O) groups is 2. The average Bonchev–Trinajstić information content (AvgIpc) is 3.09. The van der Waals surface area contributed by atoms with E-state index in [0.717, 1.165) is 4.90 Å². The highest BCUT2D eigenvalue weighted by Gasteiger charge is 2.34. The molecule has 2 aromatic rings. The number of phenols is 1. The second-order valence-corrected chi connectivity index (χ2v) is 6.75. The Balaban J connectivity index is 1.78. The molecule has 3 rings (SSSR count). The van der Waals surface area contributed by atoms with Crippen LogP contribution >= 0.6 is 0 Å². The third kappa shape index (κ3) is 5.07. The fraction of sp³-hybridized carbons (Fsp3) is 0.200. The lowest BCUT2D eigenvalue weighted by Crippen LogP contribution is -2.33. The van der Waals surface area contributed by atoms with Crippen molar-refractivity contribution in [1.82, 2.24) is 10.7 Å². The van der Waals surface area contributed by atoms with E-state index in [1.54, 1.807) is 24.3 Å². The maximum Gasteiger partial charge on any atom is 0.414 e. The van der Waals surface area contributed by atoms with E-state index in [1.165, 1.54) is 25.3 Å². The Labute approximate surface area is 177 Å². The zero-order chi connectivity index (χ0) is 22.5. The second kappa shape index (κ2) is 9.11. The summed E-state index contributed by atoms with van der Waals surface area (Å²) in [6, 6.07) is 9.52. The standard InChI is InChI=1S/C20H21FN6O4/c1-11(28)24-9-14-10-27(20(30)31-14)16-7-6-15(17(21)18(16)29)13-4-2-12(3-5-13)8-25-26-19(22)23/h2-8,14,29H,9-10H2,1H3,(H,24,28)(H4,22,23,26)/t14-/m0/s1. The van der Waals surface area contributed by atoms with Gasteiger partial charge in [0.25, 0.3) is 0 Å². The normalized spacial score (nSPS) is 15.7. The number of benzene rings is 2. The molecule has 162 valence electrons. The minimum absolute atomic E-state index is 0.0179. The van der Waals surface area contributed by atoms with Gasteiger partial charge in [0, 0.05) is 12.5 Å². The van der Waals surface area contributed by atoms with E-state index in [0.29, 0.717) is 11.1 Å². The lowest BCUT2D eigenvalue weighted by atomic mass is 10.0. The van der Waals surface area contributed by atoms with Gasteiger partial charge in [-0.25, -0.2) is 14.6 Å². The topological polar surface area (TPSA) is 153 Å². The van der Waals surface area contributed by atoms with E-state index in [1.807, 2.05) is 0 Å². The molecule has 0 unspecified atom stereocenters. The van der Waals surface area contributed by atoms with Crippen LogP contribution in [0, 0.1) is 11.2 Å². The molecular weight excluding hydrogens is 407 g/mol. The van der Waals surface area contributed by atoms with Crippen molar-refractivity contribution in [1.29, 1.82) is 5.41 Å². The van der Waals surface area contributed by atoms with Gasteiger partial charge in [-0.2, -0.15) is 5.10 Å². The Bertz CT molecular complexity index is 1040. The number of anilines is 1. The van der Waals surface area contributed by atoms with Crippen LogP contribution in [0.3, 0.4) is 0 Å². The minimum atomic E-state index is -0.879. The fourth-order valence-electron chi connectivity index (χ4n) is 3.00. The summed E-state index contributed by atoms with van der Waals surface area (Å²) in [4.78, 5) is 24.3. The van der Waals surface area contributed by atoms with Gasteiger partial charge in [0.05, 0.1) is 25.0 Å². The molecule has 2 amide bonds. The van der Waals surface area contributed by atoms with E-state index >= 15 is 0 Å². The molecule has 1 saturated heterocycles. The molecule has 1 atom stereocenters. The van der Waals surface area contributed by atoms with Crippen molar-refractivity contribution < 1.29 is 23.8 Å². The number of hydrogen-bond acceptors (Lipinski definition) is 6. The van der Waals surface area contributed by atoms with Crippen LogP contribution in [-0.2, 0) is 9.53 Å². The Kier molecular flexibility index (Phi) is 6.34. The summed E-state index contributed by atoms with van der Waals surface area (Å²) in [6.07, 6.45) is 0.101. The van der Waals surface area contributed by atoms with Crippen LogP contribution in [-0.4, -0.2) is 48.5 Å². The number of halogens is 1. The summed E-state index contributed by atoms with van der Waals surface area (Å²) < 4.78 is 20.1. The van der Waals surface area contributed by atoms with Crippen LogP contribution in [0.1, 0.15) is 12.5 Å². The number of aromatic hydroxyl groups is 1. The van der Waals surface area contributed by atoms with Crippen molar-refractivity contribution in [2.45, 2.75) is 13.0 Å². The highest BCUT2D eigenvalue weighted by Crippen LogP contribution is 2.38.